The molecule has 0 saturated heterocycles. The molecule has 0 aliphatic rings. The van der Waals surface area contributed by atoms with Crippen LogP contribution in [0.2, 0.25) is 0 Å². The van der Waals surface area contributed by atoms with E-state index in [1.165, 1.54) is 13.2 Å². The number of carboxylic acid groups (broad SMARTS) is 1. The Morgan fingerprint density at radius 2 is 2.27 bits per heavy atom. The van der Waals surface area contributed by atoms with Crippen LogP contribution in [0.15, 0.2) is 18.2 Å². The Morgan fingerprint density at radius 3 is 2.73 bits per heavy atom. The van der Waals surface area contributed by atoms with E-state index >= 15 is 0 Å². The fraction of sp³-hybridized carbons (Fsp3) is 0.300. The fourth-order valence-electron chi connectivity index (χ4n) is 1.22. The van der Waals surface area contributed by atoms with Crippen molar-refractivity contribution in [2.24, 2.45) is 0 Å². The van der Waals surface area contributed by atoms with E-state index in [0.717, 1.165) is 0 Å². The van der Waals surface area contributed by atoms with Crippen LogP contribution < -0.4 is 4.74 Å². The average molecular weight is 231 g/mol. The highest BCUT2D eigenvalue weighted by atomic mass is 35.5. The molecule has 0 amide bonds. The van der Waals surface area contributed by atoms with E-state index in [1.54, 1.807) is 12.1 Å². The largest absolute Gasteiger partial charge is 0.497 e. The van der Waals surface area contributed by atoms with Crippen molar-refractivity contribution in [3.8, 4) is 5.75 Å². The number of rotatable bonds is 4. The monoisotopic (exact) mass is 230 g/mol. The van der Waals surface area contributed by atoms with Crippen molar-refractivity contribution in [1.82, 2.24) is 0 Å². The zero-order valence-corrected chi connectivity index (χ0v) is 8.86. The molecule has 15 heavy (non-hydrogen) atoms. The van der Waals surface area contributed by atoms with Gasteiger partial charge in [-0.15, -0.1) is 11.6 Å². The van der Waals surface area contributed by atoms with E-state index in [1.807, 2.05) is 0 Å². The van der Waals surface area contributed by atoms with E-state index < -0.39 is 12.1 Å². The minimum atomic E-state index is -1.55. The summed E-state index contributed by atoms with van der Waals surface area (Å²) in [6.45, 7) is 0. The summed E-state index contributed by atoms with van der Waals surface area (Å²) in [6, 6.07) is 4.68. The summed E-state index contributed by atoms with van der Waals surface area (Å²) >= 11 is 5.65. The highest BCUT2D eigenvalue weighted by molar-refractivity contribution is 6.17. The molecule has 0 fully saturated rings. The SMILES string of the molecule is COc1ccc(C(O)C(=O)O)c(CCl)c1. The van der Waals surface area contributed by atoms with Gasteiger partial charge in [-0.05, 0) is 23.3 Å². The second kappa shape index (κ2) is 5.00. The quantitative estimate of drug-likeness (QED) is 0.771. The summed E-state index contributed by atoms with van der Waals surface area (Å²) in [5.74, 6) is -0.602. The Balaban J connectivity index is 3.12. The maximum absolute atomic E-state index is 10.6. The molecule has 82 valence electrons. The van der Waals surface area contributed by atoms with Crippen LogP contribution in [0.3, 0.4) is 0 Å². The van der Waals surface area contributed by atoms with Crippen LogP contribution >= 0.6 is 11.6 Å². The van der Waals surface area contributed by atoms with Gasteiger partial charge >= 0.3 is 5.97 Å². The van der Waals surface area contributed by atoms with Gasteiger partial charge in [-0.25, -0.2) is 4.79 Å². The van der Waals surface area contributed by atoms with Crippen molar-refractivity contribution in [3.05, 3.63) is 29.3 Å². The third kappa shape index (κ3) is 2.61. The molecular weight excluding hydrogens is 220 g/mol. The van der Waals surface area contributed by atoms with Crippen LogP contribution in [0.25, 0.3) is 0 Å². The molecule has 1 rings (SSSR count). The molecule has 0 aliphatic carbocycles. The molecule has 0 heterocycles. The first-order valence-corrected chi connectivity index (χ1v) is 4.77. The molecule has 1 atom stereocenters. The molecule has 1 unspecified atom stereocenters. The summed E-state index contributed by atoms with van der Waals surface area (Å²) in [5, 5.41) is 18.0. The number of aliphatic carboxylic acids is 1. The molecule has 2 N–H and O–H groups in total. The van der Waals surface area contributed by atoms with Gasteiger partial charge in [0.05, 0.1) is 7.11 Å². The number of halogens is 1. The van der Waals surface area contributed by atoms with Crippen molar-refractivity contribution < 1.29 is 19.7 Å². The second-order valence-electron chi connectivity index (χ2n) is 2.94. The molecule has 0 bridgehead atoms. The van der Waals surface area contributed by atoms with Crippen molar-refractivity contribution in [3.63, 3.8) is 0 Å². The van der Waals surface area contributed by atoms with Crippen molar-refractivity contribution >= 4 is 17.6 Å². The lowest BCUT2D eigenvalue weighted by molar-refractivity contribution is -0.147. The smallest absolute Gasteiger partial charge is 0.337 e. The van der Waals surface area contributed by atoms with Gasteiger partial charge in [0.15, 0.2) is 6.10 Å². The van der Waals surface area contributed by atoms with Crippen molar-refractivity contribution in [2.75, 3.05) is 7.11 Å². The first-order chi connectivity index (χ1) is 7.10. The van der Waals surface area contributed by atoms with E-state index in [0.29, 0.717) is 16.9 Å². The third-order valence-electron chi connectivity index (χ3n) is 2.02. The van der Waals surface area contributed by atoms with Crippen LogP contribution in [0.4, 0.5) is 0 Å². The number of benzene rings is 1. The normalized spacial score (nSPS) is 12.2. The van der Waals surface area contributed by atoms with Gasteiger partial charge in [0.25, 0.3) is 0 Å². The van der Waals surface area contributed by atoms with E-state index in [9.17, 15) is 9.90 Å². The summed E-state index contributed by atoms with van der Waals surface area (Å²) in [5.41, 5.74) is 0.837. The number of hydrogen-bond acceptors (Lipinski definition) is 3. The first-order valence-electron chi connectivity index (χ1n) is 4.23. The molecule has 0 aliphatic heterocycles. The highest BCUT2D eigenvalue weighted by Crippen LogP contribution is 2.24. The summed E-state index contributed by atoms with van der Waals surface area (Å²) < 4.78 is 4.96. The topological polar surface area (TPSA) is 66.8 Å². The second-order valence-corrected chi connectivity index (χ2v) is 3.21. The predicted octanol–water partition coefficient (Wildman–Crippen LogP) is 1.55. The highest BCUT2D eigenvalue weighted by Gasteiger charge is 2.19. The molecule has 5 heteroatoms. The molecule has 1 aromatic rings. The maximum atomic E-state index is 10.6. The van der Waals surface area contributed by atoms with E-state index in [4.69, 9.17) is 21.4 Å². The maximum Gasteiger partial charge on any atom is 0.337 e. The summed E-state index contributed by atoms with van der Waals surface area (Å²) in [7, 11) is 1.50. The Kier molecular flexibility index (Phi) is 3.94. The molecule has 1 aromatic carbocycles. The Hall–Kier alpha value is -1.26. The van der Waals surface area contributed by atoms with Gasteiger partial charge in [-0.1, -0.05) is 6.07 Å². The fourth-order valence-corrected chi connectivity index (χ4v) is 1.46. The number of methoxy groups -OCH3 is 1. The number of carbonyl (C=O) groups is 1. The van der Waals surface area contributed by atoms with Crippen molar-refractivity contribution in [1.29, 1.82) is 0 Å². The molecule has 0 aromatic heterocycles. The number of alkyl halides is 1. The van der Waals surface area contributed by atoms with E-state index in [-0.39, 0.29) is 5.88 Å². The lowest BCUT2D eigenvalue weighted by Gasteiger charge is -2.11. The summed E-state index contributed by atoms with van der Waals surface area (Å²) in [6.07, 6.45) is -1.55. The molecule has 0 radical (unpaired) electrons. The van der Waals surface area contributed by atoms with Gasteiger partial charge in [0.1, 0.15) is 5.75 Å². The number of aliphatic hydroxyl groups is 1. The van der Waals surface area contributed by atoms with Crippen LogP contribution in [0.1, 0.15) is 17.2 Å². The zero-order chi connectivity index (χ0) is 11.4. The number of carboxylic acids is 1. The Bertz CT molecular complexity index is 364. The van der Waals surface area contributed by atoms with E-state index in [2.05, 4.69) is 0 Å². The number of aliphatic hydroxyl groups excluding tert-OH is 1. The van der Waals surface area contributed by atoms with Gasteiger partial charge in [-0.3, -0.25) is 0 Å². The van der Waals surface area contributed by atoms with Gasteiger partial charge in [-0.2, -0.15) is 0 Å². The standard InChI is InChI=1S/C10H11ClO4/c1-15-7-2-3-8(6(4-7)5-11)9(12)10(13)14/h2-4,9,12H,5H2,1H3,(H,13,14). The first kappa shape index (κ1) is 11.8. The predicted molar refractivity (Wildman–Crippen MR) is 55.1 cm³/mol. The lowest BCUT2D eigenvalue weighted by atomic mass is 10.0. The molecule has 0 saturated carbocycles. The van der Waals surface area contributed by atoms with Crippen LogP contribution in [0, 0.1) is 0 Å². The lowest BCUT2D eigenvalue weighted by Crippen LogP contribution is -2.12. The molecule has 4 nitrogen and oxygen atoms in total. The minimum absolute atomic E-state index is 0.122. The van der Waals surface area contributed by atoms with Gasteiger partial charge in [0.2, 0.25) is 0 Å². The number of hydrogen-bond donors (Lipinski definition) is 2. The van der Waals surface area contributed by atoms with Gasteiger partial charge < -0.3 is 14.9 Å². The minimum Gasteiger partial charge on any atom is -0.497 e. The Labute approximate surface area is 92.1 Å². The van der Waals surface area contributed by atoms with Crippen LogP contribution in [-0.4, -0.2) is 23.3 Å². The molecular formula is C10H11ClO4. The van der Waals surface area contributed by atoms with Crippen molar-refractivity contribution in [2.45, 2.75) is 12.0 Å². The van der Waals surface area contributed by atoms with Crippen LogP contribution in [-0.2, 0) is 10.7 Å². The zero-order valence-electron chi connectivity index (χ0n) is 8.11. The van der Waals surface area contributed by atoms with Crippen LogP contribution in [0.5, 0.6) is 5.75 Å². The average Bonchev–Trinajstić information content (AvgIpc) is 2.27. The Morgan fingerprint density at radius 1 is 1.60 bits per heavy atom. The van der Waals surface area contributed by atoms with Gasteiger partial charge in [0, 0.05) is 5.88 Å². The summed E-state index contributed by atoms with van der Waals surface area (Å²) in [4.78, 5) is 10.6. The molecule has 0 spiro atoms. The third-order valence-corrected chi connectivity index (χ3v) is 2.31. The number of ether oxygens (including phenoxy) is 1.